The van der Waals surface area contributed by atoms with Gasteiger partial charge in [0.1, 0.15) is 0 Å². The lowest BCUT2D eigenvalue weighted by molar-refractivity contribution is -0.144. The third-order valence-corrected chi connectivity index (χ3v) is 5.68. The maximum Gasteiger partial charge on any atom is 0.313 e. The maximum atomic E-state index is 12.2. The molecule has 0 amide bonds. The van der Waals surface area contributed by atoms with Gasteiger partial charge in [0.15, 0.2) is 10.2 Å². The lowest BCUT2D eigenvalue weighted by atomic mass is 10.0. The first kappa shape index (κ1) is 21.8. The topological polar surface area (TPSA) is 60.4 Å². The summed E-state index contributed by atoms with van der Waals surface area (Å²) in [6.07, 6.45) is 2.48. The first-order valence-corrected chi connectivity index (χ1v) is 10.3. The molecule has 1 rings (SSSR count). The van der Waals surface area contributed by atoms with Crippen molar-refractivity contribution in [1.29, 1.82) is 0 Å². The Kier molecular flexibility index (Phi) is 9.90. The molecule has 0 fully saturated rings. The van der Waals surface area contributed by atoms with E-state index in [0.717, 1.165) is 46.8 Å². The monoisotopic (exact) mass is 382 g/mol. The summed E-state index contributed by atoms with van der Waals surface area (Å²) in [5.74, 6) is -0.812. The number of hydrogen-bond donors (Lipinski definition) is 0. The minimum absolute atomic E-state index is 0.0378. The standard InChI is InChI=1S/C19H26O4S2/c1-5-9-16(20)24-15-12-8-11-14(13(4)19(22)23-7-3)18(15)25-17(21)10-6-2/h8,11-13H,5-7,9-10H2,1-4H3. The third kappa shape index (κ3) is 6.86. The van der Waals surface area contributed by atoms with Crippen LogP contribution < -0.4 is 0 Å². The van der Waals surface area contributed by atoms with Crippen molar-refractivity contribution in [3.05, 3.63) is 23.8 Å². The number of esters is 1. The predicted molar refractivity (Wildman–Crippen MR) is 103 cm³/mol. The Bertz CT molecular complexity index is 613. The van der Waals surface area contributed by atoms with Crippen molar-refractivity contribution in [3.63, 3.8) is 0 Å². The predicted octanol–water partition coefficient (Wildman–Crippen LogP) is 5.19. The van der Waals surface area contributed by atoms with E-state index in [1.807, 2.05) is 32.0 Å². The Balaban J connectivity index is 3.22. The highest BCUT2D eigenvalue weighted by Crippen LogP contribution is 2.39. The summed E-state index contributed by atoms with van der Waals surface area (Å²) in [4.78, 5) is 37.9. The Morgan fingerprint density at radius 3 is 2.16 bits per heavy atom. The molecule has 0 N–H and O–H groups in total. The second kappa shape index (κ2) is 11.4. The number of rotatable bonds is 9. The van der Waals surface area contributed by atoms with Crippen LogP contribution in [0.3, 0.4) is 0 Å². The first-order chi connectivity index (χ1) is 11.9. The second-order valence-electron chi connectivity index (χ2n) is 5.60. The number of carbonyl (C=O) groups is 3. The Labute approximate surface area is 158 Å². The van der Waals surface area contributed by atoms with E-state index in [4.69, 9.17) is 4.74 Å². The van der Waals surface area contributed by atoms with Gasteiger partial charge in [-0.05, 0) is 38.3 Å². The number of carbonyl (C=O) groups excluding carboxylic acids is 3. The Morgan fingerprint density at radius 1 is 1.00 bits per heavy atom. The fourth-order valence-electron chi connectivity index (χ4n) is 2.20. The lowest BCUT2D eigenvalue weighted by Gasteiger charge is -2.17. The highest BCUT2D eigenvalue weighted by molar-refractivity contribution is 8.16. The zero-order valence-corrected chi connectivity index (χ0v) is 16.9. The smallest absolute Gasteiger partial charge is 0.313 e. The quantitative estimate of drug-likeness (QED) is 0.433. The Hall–Kier alpha value is -1.27. The molecule has 0 aliphatic carbocycles. The van der Waals surface area contributed by atoms with E-state index >= 15 is 0 Å². The van der Waals surface area contributed by atoms with E-state index in [9.17, 15) is 14.4 Å². The van der Waals surface area contributed by atoms with Crippen LogP contribution in [0.2, 0.25) is 0 Å². The van der Waals surface area contributed by atoms with E-state index < -0.39 is 5.92 Å². The zero-order chi connectivity index (χ0) is 18.8. The number of hydrogen-bond acceptors (Lipinski definition) is 6. The molecule has 0 radical (unpaired) electrons. The third-order valence-electron chi connectivity index (χ3n) is 3.46. The highest BCUT2D eigenvalue weighted by Gasteiger charge is 2.24. The summed E-state index contributed by atoms with van der Waals surface area (Å²) < 4.78 is 5.12. The highest BCUT2D eigenvalue weighted by atomic mass is 32.2. The molecule has 6 heteroatoms. The van der Waals surface area contributed by atoms with Crippen molar-refractivity contribution in [2.24, 2.45) is 0 Å². The van der Waals surface area contributed by atoms with Crippen molar-refractivity contribution in [2.75, 3.05) is 6.61 Å². The molecule has 0 aliphatic heterocycles. The molecular formula is C19H26O4S2. The molecule has 0 aromatic heterocycles. The SMILES string of the molecule is CCCC(=O)Sc1cccc(C(C)C(=O)OCC)c1SC(=O)CCC. The van der Waals surface area contributed by atoms with Crippen LogP contribution in [0.25, 0.3) is 0 Å². The van der Waals surface area contributed by atoms with Gasteiger partial charge in [-0.3, -0.25) is 14.4 Å². The van der Waals surface area contributed by atoms with Crippen molar-refractivity contribution in [3.8, 4) is 0 Å². The fraction of sp³-hybridized carbons (Fsp3) is 0.526. The van der Waals surface area contributed by atoms with Crippen LogP contribution in [-0.4, -0.2) is 22.8 Å². The average Bonchev–Trinajstić information content (AvgIpc) is 2.56. The minimum atomic E-state index is -0.487. The van der Waals surface area contributed by atoms with Crippen LogP contribution in [0.5, 0.6) is 0 Å². The van der Waals surface area contributed by atoms with Crippen molar-refractivity contribution in [2.45, 2.75) is 69.1 Å². The summed E-state index contributed by atoms with van der Waals surface area (Å²) >= 11 is 2.27. The molecule has 1 atom stereocenters. The van der Waals surface area contributed by atoms with Crippen LogP contribution >= 0.6 is 23.5 Å². The molecule has 0 aliphatic rings. The zero-order valence-electron chi connectivity index (χ0n) is 15.3. The van der Waals surface area contributed by atoms with E-state index in [2.05, 4.69) is 0 Å². The Morgan fingerprint density at radius 2 is 1.60 bits per heavy atom. The van der Waals surface area contributed by atoms with E-state index in [1.165, 1.54) is 0 Å². The number of benzene rings is 1. The molecule has 0 bridgehead atoms. The van der Waals surface area contributed by atoms with Gasteiger partial charge in [-0.15, -0.1) is 0 Å². The fourth-order valence-corrected chi connectivity index (χ4v) is 4.43. The van der Waals surface area contributed by atoms with Gasteiger partial charge in [-0.1, -0.05) is 49.5 Å². The van der Waals surface area contributed by atoms with Gasteiger partial charge in [0.05, 0.1) is 12.5 Å². The summed E-state index contributed by atoms with van der Waals surface area (Å²) in [6, 6.07) is 5.49. The maximum absolute atomic E-state index is 12.2. The average molecular weight is 383 g/mol. The van der Waals surface area contributed by atoms with Crippen LogP contribution in [0.15, 0.2) is 28.0 Å². The number of ether oxygens (including phenoxy) is 1. The van der Waals surface area contributed by atoms with Crippen molar-refractivity contribution < 1.29 is 19.1 Å². The van der Waals surface area contributed by atoms with Gasteiger partial charge in [-0.2, -0.15) is 0 Å². The van der Waals surface area contributed by atoms with E-state index in [-0.39, 0.29) is 16.2 Å². The molecule has 25 heavy (non-hydrogen) atoms. The molecule has 0 heterocycles. The van der Waals surface area contributed by atoms with E-state index in [0.29, 0.717) is 24.3 Å². The van der Waals surface area contributed by atoms with E-state index in [1.54, 1.807) is 13.8 Å². The summed E-state index contributed by atoms with van der Waals surface area (Å²) in [7, 11) is 0. The van der Waals surface area contributed by atoms with Gasteiger partial charge in [0.2, 0.25) is 0 Å². The summed E-state index contributed by atoms with van der Waals surface area (Å²) in [6.45, 7) is 7.75. The summed E-state index contributed by atoms with van der Waals surface area (Å²) in [5, 5.41) is 0.101. The van der Waals surface area contributed by atoms with Gasteiger partial charge in [-0.25, -0.2) is 0 Å². The largest absolute Gasteiger partial charge is 0.466 e. The molecule has 1 aromatic carbocycles. The van der Waals surface area contributed by atoms with Gasteiger partial charge in [0, 0.05) is 22.6 Å². The summed E-state index contributed by atoms with van der Waals surface area (Å²) in [5.41, 5.74) is 0.738. The lowest BCUT2D eigenvalue weighted by Crippen LogP contribution is -2.14. The van der Waals surface area contributed by atoms with Crippen LogP contribution in [0, 0.1) is 0 Å². The molecular weight excluding hydrogens is 356 g/mol. The first-order valence-electron chi connectivity index (χ1n) is 8.65. The van der Waals surface area contributed by atoms with Gasteiger partial charge in [0.25, 0.3) is 0 Å². The molecule has 0 saturated heterocycles. The normalized spacial score (nSPS) is 11.8. The minimum Gasteiger partial charge on any atom is -0.466 e. The molecule has 1 aromatic rings. The second-order valence-corrected chi connectivity index (χ2v) is 7.76. The molecule has 4 nitrogen and oxygen atoms in total. The molecule has 138 valence electrons. The molecule has 0 saturated carbocycles. The van der Waals surface area contributed by atoms with Crippen molar-refractivity contribution in [1.82, 2.24) is 0 Å². The number of thioether (sulfide) groups is 2. The van der Waals surface area contributed by atoms with Crippen LogP contribution in [-0.2, 0) is 19.1 Å². The molecule has 1 unspecified atom stereocenters. The van der Waals surface area contributed by atoms with Crippen molar-refractivity contribution >= 4 is 39.7 Å². The van der Waals surface area contributed by atoms with Crippen LogP contribution in [0.1, 0.15) is 64.9 Å². The van der Waals surface area contributed by atoms with Gasteiger partial charge >= 0.3 is 5.97 Å². The van der Waals surface area contributed by atoms with Gasteiger partial charge < -0.3 is 4.74 Å². The molecule has 0 spiro atoms. The van der Waals surface area contributed by atoms with Crippen LogP contribution in [0.4, 0.5) is 0 Å².